The molecule has 98 valence electrons. The molecule has 0 saturated heterocycles. The molecule has 0 spiro atoms. The second kappa shape index (κ2) is 4.38. The van der Waals surface area contributed by atoms with E-state index in [-0.39, 0.29) is 6.04 Å². The summed E-state index contributed by atoms with van der Waals surface area (Å²) in [7, 11) is 0. The highest BCUT2D eigenvalue weighted by molar-refractivity contribution is 5.41. The lowest BCUT2D eigenvalue weighted by Crippen LogP contribution is -2.13. The molecule has 2 aromatic carbocycles. The van der Waals surface area contributed by atoms with Crippen molar-refractivity contribution < 1.29 is 13.2 Å². The summed E-state index contributed by atoms with van der Waals surface area (Å²) in [5, 5.41) is 3.32. The van der Waals surface area contributed by atoms with Gasteiger partial charge in [0.15, 0.2) is 0 Å². The topological polar surface area (TPSA) is 12.0 Å². The molecule has 4 heteroatoms. The number of hydrogen-bond acceptors (Lipinski definition) is 1. The van der Waals surface area contributed by atoms with Crippen molar-refractivity contribution in [2.24, 2.45) is 0 Å². The molecule has 1 nitrogen and oxygen atoms in total. The molecule has 0 bridgehead atoms. The molecule has 1 N–H and O–H groups in total. The van der Waals surface area contributed by atoms with E-state index in [0.29, 0.717) is 0 Å². The van der Waals surface area contributed by atoms with E-state index in [0.717, 1.165) is 29.8 Å². The van der Waals surface area contributed by atoms with Gasteiger partial charge in [-0.1, -0.05) is 36.4 Å². The zero-order valence-corrected chi connectivity index (χ0v) is 10.0. The lowest BCUT2D eigenvalue weighted by atomic mass is 9.98. The van der Waals surface area contributed by atoms with Crippen molar-refractivity contribution in [3.63, 3.8) is 0 Å². The largest absolute Gasteiger partial charge is 0.416 e. The Hall–Kier alpha value is -1.81. The molecule has 0 radical (unpaired) electrons. The normalized spacial score (nSPS) is 18.4. The Morgan fingerprint density at radius 1 is 0.947 bits per heavy atom. The van der Waals surface area contributed by atoms with Gasteiger partial charge < -0.3 is 5.32 Å². The highest BCUT2D eigenvalue weighted by Gasteiger charge is 2.30. The minimum atomic E-state index is -4.28. The van der Waals surface area contributed by atoms with Crippen LogP contribution < -0.4 is 5.32 Å². The molecule has 1 heterocycles. The molecule has 1 unspecified atom stereocenters. The van der Waals surface area contributed by atoms with E-state index in [1.54, 1.807) is 12.1 Å². The van der Waals surface area contributed by atoms with E-state index >= 15 is 0 Å². The second-order valence-corrected chi connectivity index (χ2v) is 4.63. The number of halogens is 3. The fourth-order valence-electron chi connectivity index (χ4n) is 2.46. The predicted octanol–water partition coefficient (Wildman–Crippen LogP) is 3.90. The molecule has 1 aliphatic heterocycles. The van der Waals surface area contributed by atoms with Gasteiger partial charge in [0.25, 0.3) is 0 Å². The van der Waals surface area contributed by atoms with Crippen molar-refractivity contribution in [1.29, 1.82) is 0 Å². The first-order valence-corrected chi connectivity index (χ1v) is 6.04. The molecule has 19 heavy (non-hydrogen) atoms. The minimum absolute atomic E-state index is 0.0153. The second-order valence-electron chi connectivity index (χ2n) is 4.63. The SMILES string of the molecule is FC(F)(F)c1ccc(C2NCc3ccccc32)cc1. The zero-order chi connectivity index (χ0) is 13.5. The Morgan fingerprint density at radius 3 is 2.32 bits per heavy atom. The van der Waals surface area contributed by atoms with Crippen LogP contribution in [0.3, 0.4) is 0 Å². The van der Waals surface area contributed by atoms with Gasteiger partial charge in [0, 0.05) is 6.54 Å². The van der Waals surface area contributed by atoms with E-state index in [4.69, 9.17) is 0 Å². The van der Waals surface area contributed by atoms with E-state index in [2.05, 4.69) is 5.32 Å². The van der Waals surface area contributed by atoms with Crippen LogP contribution in [0.25, 0.3) is 0 Å². The third-order valence-corrected chi connectivity index (χ3v) is 3.43. The van der Waals surface area contributed by atoms with E-state index < -0.39 is 11.7 Å². The smallest absolute Gasteiger partial charge is 0.302 e. The summed E-state index contributed by atoms with van der Waals surface area (Å²) in [5.41, 5.74) is 2.59. The third kappa shape index (κ3) is 2.24. The summed E-state index contributed by atoms with van der Waals surface area (Å²) in [5.74, 6) is 0. The van der Waals surface area contributed by atoms with E-state index in [1.165, 1.54) is 5.56 Å². The van der Waals surface area contributed by atoms with Crippen LogP contribution in [0, 0.1) is 0 Å². The van der Waals surface area contributed by atoms with E-state index in [1.807, 2.05) is 24.3 Å². The van der Waals surface area contributed by atoms with Gasteiger partial charge in [0.2, 0.25) is 0 Å². The van der Waals surface area contributed by atoms with Crippen molar-refractivity contribution in [3.05, 3.63) is 70.8 Å². The van der Waals surface area contributed by atoms with Gasteiger partial charge in [-0.2, -0.15) is 13.2 Å². The number of nitrogens with one attached hydrogen (secondary N) is 1. The first kappa shape index (κ1) is 12.2. The minimum Gasteiger partial charge on any atom is -0.302 e. The van der Waals surface area contributed by atoms with Crippen LogP contribution in [0.5, 0.6) is 0 Å². The lowest BCUT2D eigenvalue weighted by Gasteiger charge is -2.14. The maximum absolute atomic E-state index is 12.5. The van der Waals surface area contributed by atoms with Crippen molar-refractivity contribution in [2.75, 3.05) is 0 Å². The number of rotatable bonds is 1. The Bertz CT molecular complexity index is 587. The average Bonchev–Trinajstić information content (AvgIpc) is 2.82. The molecule has 1 aliphatic rings. The molecule has 0 saturated carbocycles. The lowest BCUT2D eigenvalue weighted by molar-refractivity contribution is -0.137. The fourth-order valence-corrected chi connectivity index (χ4v) is 2.46. The standard InChI is InChI=1S/C15H12F3N/c16-15(17,18)12-7-5-10(6-8-12)14-13-4-2-1-3-11(13)9-19-14/h1-8,14,19H,9H2. The average molecular weight is 263 g/mol. The molecule has 0 amide bonds. The fraction of sp³-hybridized carbons (Fsp3) is 0.200. The van der Waals surface area contributed by atoms with Crippen LogP contribution in [-0.2, 0) is 12.7 Å². The maximum Gasteiger partial charge on any atom is 0.416 e. The first-order chi connectivity index (χ1) is 9.05. The molecular formula is C15H12F3N. The van der Waals surface area contributed by atoms with Gasteiger partial charge in [-0.05, 0) is 28.8 Å². The Kier molecular flexibility index (Phi) is 2.82. The monoisotopic (exact) mass is 263 g/mol. The molecule has 3 rings (SSSR count). The van der Waals surface area contributed by atoms with Crippen molar-refractivity contribution in [1.82, 2.24) is 5.32 Å². The maximum atomic E-state index is 12.5. The van der Waals surface area contributed by atoms with Gasteiger partial charge in [-0.3, -0.25) is 0 Å². The number of alkyl halides is 3. The van der Waals surface area contributed by atoms with Gasteiger partial charge in [0.1, 0.15) is 0 Å². The van der Waals surface area contributed by atoms with Crippen molar-refractivity contribution >= 4 is 0 Å². The quantitative estimate of drug-likeness (QED) is 0.822. The highest BCUT2D eigenvalue weighted by atomic mass is 19.4. The van der Waals surface area contributed by atoms with Gasteiger partial charge in [-0.25, -0.2) is 0 Å². The van der Waals surface area contributed by atoms with Crippen LogP contribution >= 0.6 is 0 Å². The summed E-state index contributed by atoms with van der Waals surface area (Å²) >= 11 is 0. The number of hydrogen-bond donors (Lipinski definition) is 1. The molecule has 0 fully saturated rings. The summed E-state index contributed by atoms with van der Waals surface area (Å²) in [6, 6.07) is 13.3. The Balaban J connectivity index is 1.93. The van der Waals surface area contributed by atoms with Crippen molar-refractivity contribution in [3.8, 4) is 0 Å². The summed E-state index contributed by atoms with van der Waals surface area (Å²) < 4.78 is 37.6. The summed E-state index contributed by atoms with van der Waals surface area (Å²) in [6.45, 7) is 0.752. The molecule has 2 aromatic rings. The number of fused-ring (bicyclic) bond motifs is 1. The zero-order valence-electron chi connectivity index (χ0n) is 10.0. The molecule has 1 atom stereocenters. The Morgan fingerprint density at radius 2 is 1.63 bits per heavy atom. The summed E-state index contributed by atoms with van der Waals surface area (Å²) in [4.78, 5) is 0. The van der Waals surface area contributed by atoms with Gasteiger partial charge in [0.05, 0.1) is 11.6 Å². The van der Waals surface area contributed by atoms with Crippen LogP contribution in [0.2, 0.25) is 0 Å². The molecule has 0 aromatic heterocycles. The Labute approximate surface area is 109 Å². The van der Waals surface area contributed by atoms with Gasteiger partial charge in [-0.15, -0.1) is 0 Å². The van der Waals surface area contributed by atoms with Crippen LogP contribution in [-0.4, -0.2) is 0 Å². The van der Waals surface area contributed by atoms with Crippen LogP contribution in [0.4, 0.5) is 13.2 Å². The molecule has 0 aliphatic carbocycles. The summed E-state index contributed by atoms with van der Waals surface area (Å²) in [6.07, 6.45) is -4.28. The molecular weight excluding hydrogens is 251 g/mol. The van der Waals surface area contributed by atoms with Crippen LogP contribution in [0.1, 0.15) is 28.3 Å². The van der Waals surface area contributed by atoms with Crippen LogP contribution in [0.15, 0.2) is 48.5 Å². The predicted molar refractivity (Wildman–Crippen MR) is 66.6 cm³/mol. The van der Waals surface area contributed by atoms with Gasteiger partial charge >= 0.3 is 6.18 Å². The first-order valence-electron chi connectivity index (χ1n) is 6.04. The number of benzene rings is 2. The van der Waals surface area contributed by atoms with Crippen molar-refractivity contribution in [2.45, 2.75) is 18.8 Å². The highest BCUT2D eigenvalue weighted by Crippen LogP contribution is 2.33. The van der Waals surface area contributed by atoms with E-state index in [9.17, 15) is 13.2 Å². The third-order valence-electron chi connectivity index (χ3n) is 3.43.